The molecule has 1 fully saturated rings. The minimum atomic E-state index is 0.000388. The molecule has 2 rings (SSSR count). The zero-order valence-electron chi connectivity index (χ0n) is 8.24. The average molecular weight is 266 g/mol. The number of nitrogens with one attached hydrogen (secondary N) is 1. The molecule has 0 radical (unpaired) electrons. The summed E-state index contributed by atoms with van der Waals surface area (Å²) in [4.78, 5) is 11.3. The van der Waals surface area contributed by atoms with Crippen molar-refractivity contribution in [3.05, 3.63) is 40.4 Å². The second-order valence-corrected chi connectivity index (χ2v) is 4.58. The highest BCUT2D eigenvalue weighted by atomic mass is 79.9. The number of amides is 1. The first-order chi connectivity index (χ1) is 7.24. The van der Waals surface area contributed by atoms with Crippen molar-refractivity contribution in [3.8, 4) is 0 Å². The Bertz CT molecular complexity index is 379. The molecular weight excluding hydrogens is 254 g/mol. The highest BCUT2D eigenvalue weighted by molar-refractivity contribution is 9.10. The van der Waals surface area contributed by atoms with Crippen LogP contribution < -0.4 is 5.32 Å². The highest BCUT2D eigenvalue weighted by Gasteiger charge is 2.21. The minimum absolute atomic E-state index is 0.000388. The lowest BCUT2D eigenvalue weighted by Gasteiger charge is -1.97. The van der Waals surface area contributed by atoms with Gasteiger partial charge in [-0.1, -0.05) is 28.1 Å². The summed E-state index contributed by atoms with van der Waals surface area (Å²) in [5.41, 5.74) is 1.03. The van der Waals surface area contributed by atoms with Gasteiger partial charge in [0.1, 0.15) is 0 Å². The lowest BCUT2D eigenvalue weighted by atomic mass is 10.2. The minimum Gasteiger partial charge on any atom is -0.350 e. The van der Waals surface area contributed by atoms with Crippen LogP contribution in [-0.4, -0.2) is 11.9 Å². The van der Waals surface area contributed by atoms with E-state index in [0.717, 1.165) is 22.9 Å². The third-order valence-corrected chi connectivity index (χ3v) is 2.75. The van der Waals surface area contributed by atoms with E-state index < -0.39 is 0 Å². The SMILES string of the molecule is O=C(/C=C\c1ccc(Br)cc1)NC1CC1. The van der Waals surface area contributed by atoms with Gasteiger partial charge in [0.15, 0.2) is 0 Å². The van der Waals surface area contributed by atoms with Crippen molar-refractivity contribution in [1.82, 2.24) is 5.32 Å². The van der Waals surface area contributed by atoms with Gasteiger partial charge in [0.05, 0.1) is 0 Å². The lowest BCUT2D eigenvalue weighted by Crippen LogP contribution is -2.22. The molecule has 1 aromatic carbocycles. The third kappa shape index (κ3) is 3.51. The second-order valence-electron chi connectivity index (χ2n) is 3.67. The fourth-order valence-electron chi connectivity index (χ4n) is 1.22. The van der Waals surface area contributed by atoms with Crippen LogP contribution in [0.15, 0.2) is 34.8 Å². The monoisotopic (exact) mass is 265 g/mol. The van der Waals surface area contributed by atoms with E-state index in [4.69, 9.17) is 0 Å². The standard InChI is InChI=1S/C12H12BrNO/c13-10-4-1-9(2-5-10)3-8-12(15)14-11-6-7-11/h1-5,8,11H,6-7H2,(H,14,15)/b8-3-. The van der Waals surface area contributed by atoms with Crippen molar-refractivity contribution in [2.24, 2.45) is 0 Å². The van der Waals surface area contributed by atoms with Gasteiger partial charge >= 0.3 is 0 Å². The Morgan fingerprint density at radius 3 is 2.60 bits per heavy atom. The first kappa shape index (κ1) is 10.4. The molecule has 2 nitrogen and oxygen atoms in total. The molecule has 1 aliphatic rings. The van der Waals surface area contributed by atoms with Crippen LogP contribution >= 0.6 is 15.9 Å². The van der Waals surface area contributed by atoms with Crippen molar-refractivity contribution in [2.45, 2.75) is 18.9 Å². The highest BCUT2D eigenvalue weighted by Crippen LogP contribution is 2.18. The van der Waals surface area contributed by atoms with Gasteiger partial charge in [0, 0.05) is 16.6 Å². The smallest absolute Gasteiger partial charge is 0.244 e. The molecule has 1 saturated carbocycles. The van der Waals surface area contributed by atoms with E-state index in [1.807, 2.05) is 30.3 Å². The van der Waals surface area contributed by atoms with E-state index in [1.54, 1.807) is 6.08 Å². The molecule has 15 heavy (non-hydrogen) atoms. The van der Waals surface area contributed by atoms with Gasteiger partial charge in [-0.3, -0.25) is 4.79 Å². The number of hydrogen-bond donors (Lipinski definition) is 1. The topological polar surface area (TPSA) is 29.1 Å². The van der Waals surface area contributed by atoms with Crippen LogP contribution in [0.2, 0.25) is 0 Å². The third-order valence-electron chi connectivity index (χ3n) is 2.22. The summed E-state index contributed by atoms with van der Waals surface area (Å²) in [5.74, 6) is 0.000388. The average Bonchev–Trinajstić information content (AvgIpc) is 3.01. The van der Waals surface area contributed by atoms with Crippen LogP contribution in [0.25, 0.3) is 6.08 Å². The number of carbonyl (C=O) groups excluding carboxylic acids is 1. The van der Waals surface area contributed by atoms with E-state index in [9.17, 15) is 4.79 Å². The largest absolute Gasteiger partial charge is 0.350 e. The van der Waals surface area contributed by atoms with Gasteiger partial charge in [0.25, 0.3) is 0 Å². The van der Waals surface area contributed by atoms with Gasteiger partial charge in [0.2, 0.25) is 5.91 Å². The maximum absolute atomic E-state index is 11.3. The number of benzene rings is 1. The van der Waals surface area contributed by atoms with E-state index >= 15 is 0 Å². The molecule has 3 heteroatoms. The number of halogens is 1. The van der Waals surface area contributed by atoms with E-state index in [-0.39, 0.29) is 5.91 Å². The van der Waals surface area contributed by atoms with Crippen LogP contribution in [0.1, 0.15) is 18.4 Å². The van der Waals surface area contributed by atoms with Crippen molar-refractivity contribution in [1.29, 1.82) is 0 Å². The summed E-state index contributed by atoms with van der Waals surface area (Å²) in [6, 6.07) is 8.26. The van der Waals surface area contributed by atoms with Gasteiger partial charge in [-0.05, 0) is 36.6 Å². The maximum atomic E-state index is 11.3. The van der Waals surface area contributed by atoms with Crippen LogP contribution in [0.4, 0.5) is 0 Å². The number of hydrogen-bond acceptors (Lipinski definition) is 1. The summed E-state index contributed by atoms with van der Waals surface area (Å²) < 4.78 is 1.04. The molecule has 0 heterocycles. The van der Waals surface area contributed by atoms with E-state index in [1.165, 1.54) is 0 Å². The maximum Gasteiger partial charge on any atom is 0.244 e. The Balaban J connectivity index is 1.91. The first-order valence-corrected chi connectivity index (χ1v) is 5.77. The van der Waals surface area contributed by atoms with E-state index in [2.05, 4.69) is 21.2 Å². The van der Waals surface area contributed by atoms with Crippen molar-refractivity contribution < 1.29 is 4.79 Å². The molecule has 1 aromatic rings. The molecule has 1 aliphatic carbocycles. The van der Waals surface area contributed by atoms with Gasteiger partial charge in [-0.25, -0.2) is 0 Å². The van der Waals surface area contributed by atoms with Crippen LogP contribution in [0.5, 0.6) is 0 Å². The Hall–Kier alpha value is -1.09. The Kier molecular flexibility index (Phi) is 3.21. The summed E-state index contributed by atoms with van der Waals surface area (Å²) in [6.45, 7) is 0. The zero-order chi connectivity index (χ0) is 10.7. The molecule has 0 atom stereocenters. The molecular formula is C12H12BrNO. The van der Waals surface area contributed by atoms with Gasteiger partial charge < -0.3 is 5.32 Å². The normalized spacial score (nSPS) is 15.5. The Morgan fingerprint density at radius 2 is 2.00 bits per heavy atom. The predicted octanol–water partition coefficient (Wildman–Crippen LogP) is 2.74. The molecule has 0 unspecified atom stereocenters. The number of carbonyl (C=O) groups is 1. The van der Waals surface area contributed by atoms with Gasteiger partial charge in [-0.2, -0.15) is 0 Å². The van der Waals surface area contributed by atoms with Crippen LogP contribution in [0, 0.1) is 0 Å². The quantitative estimate of drug-likeness (QED) is 0.837. The lowest BCUT2D eigenvalue weighted by molar-refractivity contribution is -0.116. The summed E-state index contributed by atoms with van der Waals surface area (Å²) in [7, 11) is 0. The number of rotatable bonds is 3. The van der Waals surface area contributed by atoms with Crippen molar-refractivity contribution in [3.63, 3.8) is 0 Å². The zero-order valence-corrected chi connectivity index (χ0v) is 9.83. The van der Waals surface area contributed by atoms with Crippen molar-refractivity contribution >= 4 is 27.9 Å². The molecule has 0 bridgehead atoms. The van der Waals surface area contributed by atoms with Gasteiger partial charge in [-0.15, -0.1) is 0 Å². The van der Waals surface area contributed by atoms with Crippen LogP contribution in [-0.2, 0) is 4.79 Å². The first-order valence-electron chi connectivity index (χ1n) is 4.98. The Morgan fingerprint density at radius 1 is 1.33 bits per heavy atom. The molecule has 78 valence electrons. The molecule has 0 spiro atoms. The summed E-state index contributed by atoms with van der Waals surface area (Å²) >= 11 is 3.36. The fraction of sp³-hybridized carbons (Fsp3) is 0.250. The molecule has 0 aliphatic heterocycles. The Labute approximate surface area is 97.5 Å². The fourth-order valence-corrected chi connectivity index (χ4v) is 1.49. The molecule has 1 N–H and O–H groups in total. The predicted molar refractivity (Wildman–Crippen MR) is 64.3 cm³/mol. The van der Waals surface area contributed by atoms with E-state index in [0.29, 0.717) is 6.04 Å². The molecule has 0 saturated heterocycles. The molecule has 0 aromatic heterocycles. The van der Waals surface area contributed by atoms with Crippen molar-refractivity contribution in [2.75, 3.05) is 0 Å². The van der Waals surface area contributed by atoms with Crippen LogP contribution in [0.3, 0.4) is 0 Å². The summed E-state index contributed by atoms with van der Waals surface area (Å²) in [6.07, 6.45) is 5.65. The molecule has 1 amide bonds. The second kappa shape index (κ2) is 4.62. The summed E-state index contributed by atoms with van der Waals surface area (Å²) in [5, 5.41) is 2.90.